The van der Waals surface area contributed by atoms with Crippen LogP contribution in [-0.2, 0) is 21.4 Å². The van der Waals surface area contributed by atoms with E-state index in [-0.39, 0.29) is 11.9 Å². The van der Waals surface area contributed by atoms with Crippen molar-refractivity contribution in [2.75, 3.05) is 5.32 Å². The minimum Gasteiger partial charge on any atom is -0.426 e. The van der Waals surface area contributed by atoms with Crippen molar-refractivity contribution >= 4 is 17.6 Å². The molecule has 0 spiro atoms. The topological polar surface area (TPSA) is 68.3 Å². The highest BCUT2D eigenvalue weighted by molar-refractivity contribution is 6.04. The molecule has 0 unspecified atom stereocenters. The number of nitrogens with zero attached hydrogens (tertiary/aromatic N) is 1. The highest BCUT2D eigenvalue weighted by Gasteiger charge is 2.40. The second-order valence-corrected chi connectivity index (χ2v) is 7.47. The van der Waals surface area contributed by atoms with E-state index >= 15 is 0 Å². The van der Waals surface area contributed by atoms with Crippen LogP contribution in [0.5, 0.6) is 5.75 Å². The van der Waals surface area contributed by atoms with Gasteiger partial charge in [0.2, 0.25) is 5.91 Å². The van der Waals surface area contributed by atoms with E-state index in [9.17, 15) is 9.59 Å². The second kappa shape index (κ2) is 6.24. The molecule has 1 aliphatic heterocycles. The third-order valence-corrected chi connectivity index (χ3v) is 5.18. The van der Waals surface area contributed by atoms with Crippen LogP contribution in [0.4, 0.5) is 5.69 Å². The Labute approximate surface area is 153 Å². The van der Waals surface area contributed by atoms with Gasteiger partial charge in [0.25, 0.3) is 0 Å². The number of nitrogens with one attached hydrogen (secondary N) is 1. The van der Waals surface area contributed by atoms with E-state index in [4.69, 9.17) is 9.72 Å². The number of hydrogen-bond acceptors (Lipinski definition) is 4. The van der Waals surface area contributed by atoms with Crippen LogP contribution >= 0.6 is 0 Å². The molecule has 5 nitrogen and oxygen atoms in total. The smallest absolute Gasteiger partial charge is 0.308 e. The normalized spacial score (nSPS) is 14.8. The van der Waals surface area contributed by atoms with Gasteiger partial charge in [0.15, 0.2) is 0 Å². The first-order valence-electron chi connectivity index (χ1n) is 8.71. The van der Waals surface area contributed by atoms with Crippen LogP contribution in [0.2, 0.25) is 0 Å². The summed E-state index contributed by atoms with van der Waals surface area (Å²) < 4.78 is 5.31. The molecule has 1 aliphatic rings. The van der Waals surface area contributed by atoms with Gasteiger partial charge in [-0.1, -0.05) is 0 Å². The number of ether oxygens (including phenoxy) is 1. The number of benzene rings is 1. The number of esters is 1. The van der Waals surface area contributed by atoms with Gasteiger partial charge in [-0.3, -0.25) is 14.6 Å². The third-order valence-electron chi connectivity index (χ3n) is 5.18. The monoisotopic (exact) mass is 352 g/mol. The first kappa shape index (κ1) is 18.1. The van der Waals surface area contributed by atoms with Crippen LogP contribution in [0.15, 0.2) is 18.2 Å². The predicted molar refractivity (Wildman–Crippen MR) is 101 cm³/mol. The van der Waals surface area contributed by atoms with Gasteiger partial charge >= 0.3 is 5.97 Å². The van der Waals surface area contributed by atoms with Crippen LogP contribution in [-0.4, -0.2) is 16.9 Å². The largest absolute Gasteiger partial charge is 0.426 e. The summed E-state index contributed by atoms with van der Waals surface area (Å²) in [6.45, 7) is 11.2. The number of aromatic nitrogens is 1. The van der Waals surface area contributed by atoms with E-state index < -0.39 is 5.41 Å². The number of aryl methyl sites for hydroxylation is 1. The summed E-state index contributed by atoms with van der Waals surface area (Å²) in [6, 6.07) is 5.78. The molecule has 0 saturated heterocycles. The summed E-state index contributed by atoms with van der Waals surface area (Å²) in [7, 11) is 0. The molecule has 136 valence electrons. The summed E-state index contributed by atoms with van der Waals surface area (Å²) in [6.07, 6.45) is 0.663. The third kappa shape index (κ3) is 2.98. The van der Waals surface area contributed by atoms with Gasteiger partial charge in [-0.05, 0) is 75.1 Å². The van der Waals surface area contributed by atoms with Crippen LogP contribution in [0.3, 0.4) is 0 Å². The van der Waals surface area contributed by atoms with Gasteiger partial charge in [-0.2, -0.15) is 0 Å². The molecule has 0 atom stereocenters. The Morgan fingerprint density at radius 1 is 1.19 bits per heavy atom. The molecule has 0 bridgehead atoms. The standard InChI is InChI=1S/C21H24N2O3/c1-11-9-18(26-14(4)24)13(3)12(2)16(11)10-15-7-8-17-19(22-15)21(5,6)20(25)23-17/h7-9H,10H2,1-6H3,(H,23,25). The molecule has 0 saturated carbocycles. The fourth-order valence-electron chi connectivity index (χ4n) is 3.37. The fourth-order valence-corrected chi connectivity index (χ4v) is 3.37. The van der Waals surface area contributed by atoms with Crippen molar-refractivity contribution in [3.63, 3.8) is 0 Å². The molecule has 26 heavy (non-hydrogen) atoms. The van der Waals surface area contributed by atoms with Crippen molar-refractivity contribution < 1.29 is 14.3 Å². The molecular formula is C21H24N2O3. The quantitative estimate of drug-likeness (QED) is 0.675. The number of rotatable bonds is 3. The minimum atomic E-state index is -0.621. The zero-order valence-electron chi connectivity index (χ0n) is 16.1. The number of fused-ring (bicyclic) bond motifs is 1. The zero-order valence-corrected chi connectivity index (χ0v) is 16.1. The van der Waals surface area contributed by atoms with Gasteiger partial charge in [-0.15, -0.1) is 0 Å². The van der Waals surface area contributed by atoms with Crippen molar-refractivity contribution in [1.82, 2.24) is 4.98 Å². The molecule has 1 N–H and O–H groups in total. The number of amides is 1. The lowest BCUT2D eigenvalue weighted by Crippen LogP contribution is -2.27. The number of carbonyl (C=O) groups excluding carboxylic acids is 2. The first-order chi connectivity index (χ1) is 12.1. The average Bonchev–Trinajstić information content (AvgIpc) is 2.78. The first-order valence-corrected chi connectivity index (χ1v) is 8.71. The fraction of sp³-hybridized carbons (Fsp3) is 0.381. The number of anilines is 1. The van der Waals surface area contributed by atoms with Crippen LogP contribution in [0.1, 0.15) is 54.4 Å². The molecule has 0 aliphatic carbocycles. The molecule has 3 rings (SSSR count). The second-order valence-electron chi connectivity index (χ2n) is 7.47. The van der Waals surface area contributed by atoms with Gasteiger partial charge in [-0.25, -0.2) is 0 Å². The molecule has 0 fully saturated rings. The number of pyridine rings is 1. The lowest BCUT2D eigenvalue weighted by atomic mass is 9.89. The molecule has 1 aromatic carbocycles. The van der Waals surface area contributed by atoms with Crippen LogP contribution in [0.25, 0.3) is 0 Å². The van der Waals surface area contributed by atoms with Crippen LogP contribution < -0.4 is 10.1 Å². The maximum atomic E-state index is 12.1. The van der Waals surface area contributed by atoms with Crippen molar-refractivity contribution in [2.45, 2.75) is 53.4 Å². The van der Waals surface area contributed by atoms with E-state index in [1.165, 1.54) is 12.5 Å². The molecule has 1 amide bonds. The maximum absolute atomic E-state index is 12.1. The van der Waals surface area contributed by atoms with E-state index in [1.54, 1.807) is 0 Å². The lowest BCUT2D eigenvalue weighted by molar-refractivity contribution is -0.132. The van der Waals surface area contributed by atoms with Crippen LogP contribution in [0, 0.1) is 20.8 Å². The lowest BCUT2D eigenvalue weighted by Gasteiger charge is -2.17. The minimum absolute atomic E-state index is 0.0221. The Bertz CT molecular complexity index is 929. The van der Waals surface area contributed by atoms with Gasteiger partial charge < -0.3 is 10.1 Å². The number of carbonyl (C=O) groups is 2. The summed E-state index contributed by atoms with van der Waals surface area (Å²) in [5.41, 5.74) is 6.16. The van der Waals surface area contributed by atoms with Gasteiger partial charge in [0.05, 0.1) is 16.8 Å². The van der Waals surface area contributed by atoms with Crippen molar-refractivity contribution in [3.8, 4) is 5.75 Å². The number of hydrogen-bond donors (Lipinski definition) is 1. The molecule has 2 heterocycles. The molecule has 0 radical (unpaired) electrons. The van der Waals surface area contributed by atoms with Gasteiger partial charge in [0, 0.05) is 19.0 Å². The van der Waals surface area contributed by atoms with E-state index in [1.807, 2.05) is 52.8 Å². The summed E-state index contributed by atoms with van der Waals surface area (Å²) >= 11 is 0. The summed E-state index contributed by atoms with van der Waals surface area (Å²) in [4.78, 5) is 28.2. The van der Waals surface area contributed by atoms with E-state index in [2.05, 4.69) is 5.32 Å². The zero-order chi connectivity index (χ0) is 19.2. The summed E-state index contributed by atoms with van der Waals surface area (Å²) in [5, 5.41) is 2.89. The van der Waals surface area contributed by atoms with Gasteiger partial charge in [0.1, 0.15) is 5.75 Å². The maximum Gasteiger partial charge on any atom is 0.308 e. The van der Waals surface area contributed by atoms with Crippen molar-refractivity contribution in [3.05, 3.63) is 51.8 Å². The Balaban J connectivity index is 1.98. The average molecular weight is 352 g/mol. The molecule has 5 heteroatoms. The molecule has 1 aromatic heterocycles. The summed E-state index contributed by atoms with van der Waals surface area (Å²) in [5.74, 6) is 0.263. The highest BCUT2D eigenvalue weighted by Crippen LogP contribution is 2.36. The van der Waals surface area contributed by atoms with Crippen molar-refractivity contribution in [1.29, 1.82) is 0 Å². The predicted octanol–water partition coefficient (Wildman–Crippen LogP) is 3.75. The Morgan fingerprint density at radius 3 is 2.54 bits per heavy atom. The Hall–Kier alpha value is -2.69. The molecule has 2 aromatic rings. The molecular weight excluding hydrogens is 328 g/mol. The Morgan fingerprint density at radius 2 is 1.88 bits per heavy atom. The Kier molecular flexibility index (Phi) is 4.34. The highest BCUT2D eigenvalue weighted by atomic mass is 16.5. The van der Waals surface area contributed by atoms with Crippen molar-refractivity contribution in [2.24, 2.45) is 0 Å². The van der Waals surface area contributed by atoms with E-state index in [0.717, 1.165) is 33.8 Å². The SMILES string of the molecule is CC(=O)Oc1cc(C)c(Cc2ccc3c(n2)C(C)(C)C(=O)N3)c(C)c1C. The van der Waals surface area contributed by atoms with E-state index in [0.29, 0.717) is 12.2 Å².